The average molecular weight is 341 g/mol. The zero-order chi connectivity index (χ0) is 16.6. The number of aromatic nitrogens is 2. The van der Waals surface area contributed by atoms with Crippen LogP contribution in [0.3, 0.4) is 0 Å². The molecular formula is C13H6F3N3O3S. The van der Waals surface area contributed by atoms with Crippen LogP contribution in [0.4, 0.5) is 18.9 Å². The van der Waals surface area contributed by atoms with Crippen LogP contribution in [0.15, 0.2) is 50.8 Å². The third-order valence-corrected chi connectivity index (χ3v) is 4.02. The van der Waals surface area contributed by atoms with E-state index < -0.39 is 16.7 Å². The van der Waals surface area contributed by atoms with Gasteiger partial charge in [0, 0.05) is 15.9 Å². The van der Waals surface area contributed by atoms with Gasteiger partial charge in [0.15, 0.2) is 5.52 Å². The second-order valence-corrected chi connectivity index (χ2v) is 5.54. The molecular weight excluding hydrogens is 335 g/mol. The van der Waals surface area contributed by atoms with E-state index in [-0.39, 0.29) is 16.7 Å². The zero-order valence-corrected chi connectivity index (χ0v) is 11.9. The molecule has 1 heterocycles. The quantitative estimate of drug-likeness (QED) is 0.522. The Bertz CT molecular complexity index is 878. The standard InChI is InChI=1S/C13H6F3N3O3S/c14-13(15,16)7-1-3-8(4-2-7)23-10-6-5-9(19(20)21)11-12(10)18-22-17-11/h1-6H. The topological polar surface area (TPSA) is 82.1 Å². The van der Waals surface area contributed by atoms with Crippen molar-refractivity contribution in [1.82, 2.24) is 10.3 Å². The van der Waals surface area contributed by atoms with Gasteiger partial charge in [0.1, 0.15) is 0 Å². The maximum atomic E-state index is 12.5. The number of hydrogen-bond acceptors (Lipinski definition) is 6. The molecule has 0 unspecified atom stereocenters. The first-order chi connectivity index (χ1) is 10.9. The Hall–Kier alpha value is -2.62. The molecule has 3 aromatic rings. The molecule has 0 N–H and O–H groups in total. The maximum absolute atomic E-state index is 12.5. The number of benzene rings is 2. The molecule has 0 aliphatic carbocycles. The maximum Gasteiger partial charge on any atom is 0.416 e. The minimum Gasteiger partial charge on any atom is -0.258 e. The number of halogens is 3. The van der Waals surface area contributed by atoms with E-state index >= 15 is 0 Å². The van der Waals surface area contributed by atoms with Gasteiger partial charge in [0.05, 0.1) is 10.5 Å². The van der Waals surface area contributed by atoms with Gasteiger partial charge in [-0.2, -0.15) is 13.2 Å². The predicted molar refractivity (Wildman–Crippen MR) is 74.0 cm³/mol. The fraction of sp³-hybridized carbons (Fsp3) is 0.0769. The number of alkyl halides is 3. The van der Waals surface area contributed by atoms with Gasteiger partial charge in [-0.25, -0.2) is 4.63 Å². The third-order valence-electron chi connectivity index (χ3n) is 2.96. The Balaban J connectivity index is 1.95. The van der Waals surface area contributed by atoms with Crippen LogP contribution in [0.5, 0.6) is 0 Å². The SMILES string of the molecule is O=[N+]([O-])c1ccc(Sc2ccc(C(F)(F)F)cc2)c2nonc12. The van der Waals surface area contributed by atoms with E-state index in [0.29, 0.717) is 9.79 Å². The van der Waals surface area contributed by atoms with Crippen LogP contribution in [0.2, 0.25) is 0 Å². The summed E-state index contributed by atoms with van der Waals surface area (Å²) in [6, 6.07) is 7.26. The van der Waals surface area contributed by atoms with Crippen LogP contribution >= 0.6 is 11.8 Å². The molecule has 0 aliphatic rings. The number of nitro benzene ring substituents is 1. The molecule has 6 nitrogen and oxygen atoms in total. The van der Waals surface area contributed by atoms with E-state index in [9.17, 15) is 23.3 Å². The van der Waals surface area contributed by atoms with Crippen molar-refractivity contribution in [3.05, 3.63) is 52.1 Å². The van der Waals surface area contributed by atoms with E-state index in [1.54, 1.807) is 0 Å². The van der Waals surface area contributed by atoms with Crippen LogP contribution < -0.4 is 0 Å². The molecule has 0 aliphatic heterocycles. The van der Waals surface area contributed by atoms with Gasteiger partial charge < -0.3 is 0 Å². The third kappa shape index (κ3) is 2.97. The van der Waals surface area contributed by atoms with E-state index in [1.807, 2.05) is 0 Å². The molecule has 10 heteroatoms. The smallest absolute Gasteiger partial charge is 0.258 e. The fourth-order valence-electron chi connectivity index (χ4n) is 1.90. The first kappa shape index (κ1) is 15.3. The van der Waals surface area contributed by atoms with Gasteiger partial charge in [-0.05, 0) is 40.6 Å². The number of non-ortho nitro benzene ring substituents is 1. The Morgan fingerprint density at radius 3 is 2.30 bits per heavy atom. The highest BCUT2D eigenvalue weighted by Crippen LogP contribution is 2.37. The second-order valence-electron chi connectivity index (χ2n) is 4.43. The molecule has 0 fully saturated rings. The summed E-state index contributed by atoms with van der Waals surface area (Å²) in [5, 5.41) is 18.0. The highest BCUT2D eigenvalue weighted by Gasteiger charge is 2.30. The van der Waals surface area contributed by atoms with Crippen molar-refractivity contribution in [1.29, 1.82) is 0 Å². The largest absolute Gasteiger partial charge is 0.416 e. The summed E-state index contributed by atoms with van der Waals surface area (Å²) in [5.41, 5.74) is -0.826. The van der Waals surface area contributed by atoms with E-state index in [4.69, 9.17) is 0 Å². The van der Waals surface area contributed by atoms with Crippen LogP contribution in [0, 0.1) is 10.1 Å². The minimum absolute atomic E-state index is 0.00749. The summed E-state index contributed by atoms with van der Waals surface area (Å²) in [6.07, 6.45) is -4.40. The number of hydrogen-bond donors (Lipinski definition) is 0. The lowest BCUT2D eigenvalue weighted by Crippen LogP contribution is -2.03. The lowest BCUT2D eigenvalue weighted by molar-refractivity contribution is -0.383. The highest BCUT2D eigenvalue weighted by atomic mass is 32.2. The van der Waals surface area contributed by atoms with Crippen LogP contribution in [-0.2, 0) is 6.18 Å². The monoisotopic (exact) mass is 341 g/mol. The molecule has 2 aromatic carbocycles. The minimum atomic E-state index is -4.40. The number of nitrogens with zero attached hydrogens (tertiary/aromatic N) is 3. The first-order valence-electron chi connectivity index (χ1n) is 6.11. The van der Waals surface area contributed by atoms with Crippen molar-refractivity contribution in [3.8, 4) is 0 Å². The van der Waals surface area contributed by atoms with Crippen molar-refractivity contribution < 1.29 is 22.7 Å². The summed E-state index contributed by atoms with van der Waals surface area (Å²) in [4.78, 5) is 11.3. The van der Waals surface area contributed by atoms with Gasteiger partial charge in [-0.15, -0.1) is 0 Å². The molecule has 3 rings (SSSR count). The van der Waals surface area contributed by atoms with Gasteiger partial charge in [-0.1, -0.05) is 11.8 Å². The Kier molecular flexibility index (Phi) is 3.68. The summed E-state index contributed by atoms with van der Waals surface area (Å²) >= 11 is 1.11. The van der Waals surface area contributed by atoms with Gasteiger partial charge in [-0.3, -0.25) is 10.1 Å². The molecule has 0 amide bonds. The fourth-order valence-corrected chi connectivity index (χ4v) is 2.79. The molecule has 1 aromatic heterocycles. The number of rotatable bonds is 3. The van der Waals surface area contributed by atoms with Gasteiger partial charge in [0.25, 0.3) is 0 Å². The van der Waals surface area contributed by atoms with E-state index in [0.717, 1.165) is 23.9 Å². The molecule has 0 spiro atoms. The van der Waals surface area contributed by atoms with Crippen molar-refractivity contribution >= 4 is 28.5 Å². The number of nitro groups is 1. The lowest BCUT2D eigenvalue weighted by Gasteiger charge is -2.07. The van der Waals surface area contributed by atoms with E-state index in [1.165, 1.54) is 24.3 Å². The highest BCUT2D eigenvalue weighted by molar-refractivity contribution is 7.99. The van der Waals surface area contributed by atoms with Gasteiger partial charge in [0.2, 0.25) is 5.52 Å². The van der Waals surface area contributed by atoms with E-state index in [2.05, 4.69) is 14.9 Å². The molecule has 23 heavy (non-hydrogen) atoms. The first-order valence-corrected chi connectivity index (χ1v) is 6.92. The second kappa shape index (κ2) is 5.54. The lowest BCUT2D eigenvalue weighted by atomic mass is 10.2. The van der Waals surface area contributed by atoms with Crippen LogP contribution in [0.25, 0.3) is 11.0 Å². The van der Waals surface area contributed by atoms with Crippen LogP contribution in [0.1, 0.15) is 5.56 Å². The molecule has 0 saturated carbocycles. The van der Waals surface area contributed by atoms with Gasteiger partial charge >= 0.3 is 11.9 Å². The predicted octanol–water partition coefficient (Wildman–Crippen LogP) is 4.30. The van der Waals surface area contributed by atoms with Crippen molar-refractivity contribution in [3.63, 3.8) is 0 Å². The Morgan fingerprint density at radius 1 is 1.04 bits per heavy atom. The molecule has 0 saturated heterocycles. The Morgan fingerprint density at radius 2 is 1.70 bits per heavy atom. The molecule has 0 bridgehead atoms. The van der Waals surface area contributed by atoms with Crippen molar-refractivity contribution in [2.24, 2.45) is 0 Å². The van der Waals surface area contributed by atoms with Crippen molar-refractivity contribution in [2.45, 2.75) is 16.0 Å². The van der Waals surface area contributed by atoms with Crippen molar-refractivity contribution in [2.75, 3.05) is 0 Å². The Labute approximate surface area is 130 Å². The molecule has 0 radical (unpaired) electrons. The summed E-state index contributed by atoms with van der Waals surface area (Å²) < 4.78 is 42.1. The number of fused-ring (bicyclic) bond motifs is 1. The average Bonchev–Trinajstić information content (AvgIpc) is 2.96. The molecule has 118 valence electrons. The summed E-state index contributed by atoms with van der Waals surface area (Å²) in [7, 11) is 0. The van der Waals surface area contributed by atoms with Crippen LogP contribution in [-0.4, -0.2) is 15.2 Å². The summed E-state index contributed by atoms with van der Waals surface area (Å²) in [5.74, 6) is 0. The molecule has 0 atom stereocenters. The normalized spacial score (nSPS) is 11.8. The summed E-state index contributed by atoms with van der Waals surface area (Å²) in [6.45, 7) is 0. The zero-order valence-electron chi connectivity index (χ0n) is 11.1.